The van der Waals surface area contributed by atoms with Crippen LogP contribution < -0.4 is 5.73 Å². The molecule has 0 spiro atoms. The normalized spacial score (nSPS) is 20.1. The molecule has 0 atom stereocenters. The predicted molar refractivity (Wildman–Crippen MR) is 63.1 cm³/mol. The highest BCUT2D eigenvalue weighted by atomic mass is 32.2. The van der Waals surface area contributed by atoms with Gasteiger partial charge in [-0.1, -0.05) is 24.3 Å². The maximum absolute atomic E-state index is 11.6. The molecule has 0 unspecified atom stereocenters. The second-order valence-corrected chi connectivity index (χ2v) is 6.11. The number of sulfonamides is 1. The van der Waals surface area contributed by atoms with Crippen molar-refractivity contribution in [3.63, 3.8) is 0 Å². The Kier molecular flexibility index (Phi) is 3.28. The second kappa shape index (κ2) is 4.53. The molecular formula is C11H16N2O2S. The van der Waals surface area contributed by atoms with Crippen molar-refractivity contribution in [1.82, 2.24) is 4.31 Å². The Morgan fingerprint density at radius 1 is 1.19 bits per heavy atom. The van der Waals surface area contributed by atoms with Gasteiger partial charge in [-0.2, -0.15) is 4.31 Å². The fourth-order valence-corrected chi connectivity index (χ4v) is 3.36. The summed E-state index contributed by atoms with van der Waals surface area (Å²) in [5.74, 6) is 0.286. The summed E-state index contributed by atoms with van der Waals surface area (Å²) in [5.41, 5.74) is 7.58. The van der Waals surface area contributed by atoms with Gasteiger partial charge in [-0.15, -0.1) is 0 Å². The Bertz CT molecular complexity index is 453. The number of hydrogen-bond acceptors (Lipinski definition) is 3. The molecule has 1 aromatic rings. The number of nitrogens with two attached hydrogens (primary N) is 1. The molecule has 5 heteroatoms. The van der Waals surface area contributed by atoms with Crippen LogP contribution in [0.5, 0.6) is 0 Å². The Morgan fingerprint density at radius 2 is 1.81 bits per heavy atom. The van der Waals surface area contributed by atoms with E-state index in [2.05, 4.69) is 0 Å². The molecule has 1 aromatic carbocycles. The quantitative estimate of drug-likeness (QED) is 0.845. The zero-order valence-corrected chi connectivity index (χ0v) is 9.91. The highest BCUT2D eigenvalue weighted by molar-refractivity contribution is 7.89. The van der Waals surface area contributed by atoms with Gasteiger partial charge in [0.2, 0.25) is 10.0 Å². The van der Waals surface area contributed by atoms with Crippen molar-refractivity contribution < 1.29 is 8.42 Å². The molecule has 4 nitrogen and oxygen atoms in total. The molecule has 1 aliphatic rings. The van der Waals surface area contributed by atoms with Gasteiger partial charge < -0.3 is 5.73 Å². The summed E-state index contributed by atoms with van der Waals surface area (Å²) < 4.78 is 24.7. The topological polar surface area (TPSA) is 63.4 Å². The van der Waals surface area contributed by atoms with Gasteiger partial charge in [-0.3, -0.25) is 0 Å². The minimum atomic E-state index is -2.99. The third-order valence-electron chi connectivity index (χ3n) is 2.82. The van der Waals surface area contributed by atoms with Crippen molar-refractivity contribution in [2.24, 2.45) is 5.73 Å². The third-order valence-corrected chi connectivity index (χ3v) is 4.72. The van der Waals surface area contributed by atoms with E-state index in [4.69, 9.17) is 5.73 Å². The molecule has 1 fully saturated rings. The van der Waals surface area contributed by atoms with Crippen LogP contribution in [0.3, 0.4) is 0 Å². The molecule has 0 aliphatic carbocycles. The van der Waals surface area contributed by atoms with Crippen LogP contribution >= 0.6 is 0 Å². The molecule has 1 heterocycles. The third kappa shape index (κ3) is 2.42. The van der Waals surface area contributed by atoms with Crippen molar-refractivity contribution in [1.29, 1.82) is 0 Å². The van der Waals surface area contributed by atoms with Gasteiger partial charge in [0.1, 0.15) is 0 Å². The Morgan fingerprint density at radius 3 is 2.31 bits per heavy atom. The van der Waals surface area contributed by atoms with Gasteiger partial charge in [-0.25, -0.2) is 8.42 Å². The minimum absolute atomic E-state index is 0.286. The maximum Gasteiger partial charge on any atom is 0.214 e. The molecule has 88 valence electrons. The van der Waals surface area contributed by atoms with Gasteiger partial charge in [0.15, 0.2) is 0 Å². The lowest BCUT2D eigenvalue weighted by molar-refractivity contribution is 0.440. The van der Waals surface area contributed by atoms with E-state index in [0.29, 0.717) is 19.6 Å². The lowest BCUT2D eigenvalue weighted by Gasteiger charge is -2.14. The largest absolute Gasteiger partial charge is 0.326 e. The average Bonchev–Trinajstić information content (AvgIpc) is 2.59. The van der Waals surface area contributed by atoms with Gasteiger partial charge in [0.05, 0.1) is 5.75 Å². The summed E-state index contributed by atoms with van der Waals surface area (Å²) in [6, 6.07) is 7.77. The van der Waals surface area contributed by atoms with E-state index in [0.717, 1.165) is 17.5 Å². The van der Waals surface area contributed by atoms with Crippen LogP contribution in [0, 0.1) is 0 Å². The SMILES string of the molecule is NCc1ccc(CN2CCCS2(=O)=O)cc1. The van der Waals surface area contributed by atoms with Crippen LogP contribution in [0.4, 0.5) is 0 Å². The first-order valence-electron chi connectivity index (χ1n) is 5.37. The smallest absolute Gasteiger partial charge is 0.214 e. The van der Waals surface area contributed by atoms with Crippen LogP contribution in [0.2, 0.25) is 0 Å². The van der Waals surface area contributed by atoms with Gasteiger partial charge in [0, 0.05) is 19.6 Å². The molecule has 0 saturated carbocycles. The van der Waals surface area contributed by atoms with E-state index in [-0.39, 0.29) is 5.75 Å². The molecule has 2 rings (SSSR count). The van der Waals surface area contributed by atoms with E-state index in [1.807, 2.05) is 24.3 Å². The van der Waals surface area contributed by atoms with Crippen LogP contribution in [0.25, 0.3) is 0 Å². The van der Waals surface area contributed by atoms with Crippen molar-refractivity contribution in [3.05, 3.63) is 35.4 Å². The highest BCUT2D eigenvalue weighted by Crippen LogP contribution is 2.17. The molecule has 0 bridgehead atoms. The summed E-state index contributed by atoms with van der Waals surface area (Å²) in [6.45, 7) is 1.64. The number of hydrogen-bond donors (Lipinski definition) is 1. The van der Waals surface area contributed by atoms with Gasteiger partial charge in [0.25, 0.3) is 0 Å². The molecule has 16 heavy (non-hydrogen) atoms. The van der Waals surface area contributed by atoms with E-state index < -0.39 is 10.0 Å². The molecule has 1 saturated heterocycles. The number of benzene rings is 1. The Labute approximate surface area is 96.1 Å². The second-order valence-electron chi connectivity index (χ2n) is 4.02. The monoisotopic (exact) mass is 240 g/mol. The fraction of sp³-hybridized carbons (Fsp3) is 0.455. The zero-order valence-electron chi connectivity index (χ0n) is 9.09. The van der Waals surface area contributed by atoms with Gasteiger partial charge >= 0.3 is 0 Å². The van der Waals surface area contributed by atoms with E-state index in [1.54, 1.807) is 4.31 Å². The van der Waals surface area contributed by atoms with Crippen molar-refractivity contribution >= 4 is 10.0 Å². The maximum atomic E-state index is 11.6. The van der Waals surface area contributed by atoms with E-state index >= 15 is 0 Å². The Hall–Kier alpha value is -0.910. The summed E-state index contributed by atoms with van der Waals surface area (Å²) in [7, 11) is -2.99. The van der Waals surface area contributed by atoms with Crippen LogP contribution in [0.1, 0.15) is 17.5 Å². The van der Waals surface area contributed by atoms with E-state index in [9.17, 15) is 8.42 Å². The molecule has 1 aliphatic heterocycles. The molecule has 0 amide bonds. The lowest BCUT2D eigenvalue weighted by Crippen LogP contribution is -2.25. The average molecular weight is 240 g/mol. The standard InChI is InChI=1S/C11H16N2O2S/c12-8-10-2-4-11(5-3-10)9-13-6-1-7-16(13,14)15/h2-5H,1,6-9,12H2. The first-order valence-corrected chi connectivity index (χ1v) is 6.98. The molecule has 0 radical (unpaired) electrons. The van der Waals surface area contributed by atoms with Crippen LogP contribution in [-0.2, 0) is 23.1 Å². The van der Waals surface area contributed by atoms with Crippen molar-refractivity contribution in [2.45, 2.75) is 19.5 Å². The summed E-state index contributed by atoms with van der Waals surface area (Å²) in [4.78, 5) is 0. The number of rotatable bonds is 3. The van der Waals surface area contributed by atoms with Crippen molar-refractivity contribution in [2.75, 3.05) is 12.3 Å². The first kappa shape index (κ1) is 11.6. The fourth-order valence-electron chi connectivity index (χ4n) is 1.85. The Balaban J connectivity index is 2.09. The van der Waals surface area contributed by atoms with Crippen LogP contribution in [0.15, 0.2) is 24.3 Å². The number of nitrogens with zero attached hydrogens (tertiary/aromatic N) is 1. The lowest BCUT2D eigenvalue weighted by atomic mass is 10.1. The van der Waals surface area contributed by atoms with Gasteiger partial charge in [-0.05, 0) is 17.5 Å². The molecular weight excluding hydrogens is 224 g/mol. The van der Waals surface area contributed by atoms with Crippen molar-refractivity contribution in [3.8, 4) is 0 Å². The van der Waals surface area contributed by atoms with E-state index in [1.165, 1.54) is 0 Å². The molecule has 0 aromatic heterocycles. The zero-order chi connectivity index (χ0) is 11.6. The predicted octanol–water partition coefficient (Wildman–Crippen LogP) is 0.681. The summed E-state index contributed by atoms with van der Waals surface area (Å²) in [6.07, 6.45) is 0.739. The summed E-state index contributed by atoms with van der Waals surface area (Å²) in [5, 5.41) is 0. The first-order chi connectivity index (χ1) is 7.62. The minimum Gasteiger partial charge on any atom is -0.326 e. The summed E-state index contributed by atoms with van der Waals surface area (Å²) >= 11 is 0. The molecule has 2 N–H and O–H groups in total. The highest BCUT2D eigenvalue weighted by Gasteiger charge is 2.27. The van der Waals surface area contributed by atoms with Crippen LogP contribution in [-0.4, -0.2) is 25.0 Å².